The fraction of sp³-hybridized carbons (Fsp3) is 1.00. The Bertz CT molecular complexity index is 80.8. The second-order valence-corrected chi connectivity index (χ2v) is 1.92. The Kier molecular flexibility index (Phi) is 43.6. The van der Waals surface area contributed by atoms with E-state index in [0.29, 0.717) is 0 Å². The summed E-state index contributed by atoms with van der Waals surface area (Å²) in [7, 11) is -4.89. The van der Waals surface area contributed by atoms with E-state index in [1.165, 1.54) is 0 Å². The Morgan fingerprint density at radius 1 is 1.08 bits per heavy atom. The van der Waals surface area contributed by atoms with Crippen LogP contribution in [-0.4, -0.2) is 44.2 Å². The zero-order valence-electron chi connectivity index (χ0n) is 6.47. The summed E-state index contributed by atoms with van der Waals surface area (Å²) in [6.45, 7) is -0.250. The topological polar surface area (TPSA) is 184 Å². The SMILES string of the molecule is O.O.O=P([O-])(O)O.OCCO.[Na+]. The van der Waals surface area contributed by atoms with Crippen molar-refractivity contribution in [2.75, 3.05) is 13.2 Å². The molecule has 12 heavy (non-hydrogen) atoms. The molecule has 8 nitrogen and oxygen atoms in total. The largest absolute Gasteiger partial charge is 1.00 e. The van der Waals surface area contributed by atoms with Crippen LogP contribution >= 0.6 is 7.82 Å². The average molecular weight is 218 g/mol. The van der Waals surface area contributed by atoms with Crippen molar-refractivity contribution in [2.24, 2.45) is 0 Å². The van der Waals surface area contributed by atoms with Gasteiger partial charge in [-0.3, -0.25) is 4.57 Å². The molecule has 0 aromatic heterocycles. The molecule has 74 valence electrons. The van der Waals surface area contributed by atoms with E-state index >= 15 is 0 Å². The van der Waals surface area contributed by atoms with E-state index < -0.39 is 7.82 Å². The van der Waals surface area contributed by atoms with Crippen molar-refractivity contribution >= 4 is 7.82 Å². The molecule has 0 fully saturated rings. The molecule has 0 aliphatic rings. The van der Waals surface area contributed by atoms with Crippen LogP contribution in [0.2, 0.25) is 0 Å². The van der Waals surface area contributed by atoms with E-state index in [2.05, 4.69) is 0 Å². The fourth-order valence-corrected chi connectivity index (χ4v) is 0. The zero-order valence-corrected chi connectivity index (χ0v) is 9.36. The summed E-state index contributed by atoms with van der Waals surface area (Å²) in [4.78, 5) is 22.9. The van der Waals surface area contributed by atoms with Gasteiger partial charge in [-0.2, -0.15) is 0 Å². The van der Waals surface area contributed by atoms with Crippen LogP contribution in [0, 0.1) is 0 Å². The molecule has 0 unspecified atom stereocenters. The predicted octanol–water partition coefficient (Wildman–Crippen LogP) is -7.23. The molecule has 0 bridgehead atoms. The van der Waals surface area contributed by atoms with Crippen LogP contribution in [0.3, 0.4) is 0 Å². The molecule has 10 heteroatoms. The van der Waals surface area contributed by atoms with Crippen molar-refractivity contribution in [3.8, 4) is 0 Å². The summed E-state index contributed by atoms with van der Waals surface area (Å²) in [6.07, 6.45) is 0. The van der Waals surface area contributed by atoms with Crippen LogP contribution in [0.1, 0.15) is 0 Å². The minimum Gasteiger partial charge on any atom is -0.756 e. The Hall–Kier alpha value is 0.950. The molecule has 8 N–H and O–H groups in total. The molecule has 0 aliphatic heterocycles. The molecule has 0 aromatic carbocycles. The maximum atomic E-state index is 8.77. The number of rotatable bonds is 1. The second kappa shape index (κ2) is 17.9. The van der Waals surface area contributed by atoms with Gasteiger partial charge in [0.2, 0.25) is 0 Å². The van der Waals surface area contributed by atoms with Gasteiger partial charge in [0, 0.05) is 0 Å². The molecule has 0 atom stereocenters. The van der Waals surface area contributed by atoms with Crippen LogP contribution in [0.5, 0.6) is 0 Å². The van der Waals surface area contributed by atoms with Gasteiger partial charge in [0.05, 0.1) is 13.2 Å². The van der Waals surface area contributed by atoms with E-state index in [1.807, 2.05) is 0 Å². The summed E-state index contributed by atoms with van der Waals surface area (Å²) in [5.74, 6) is 0. The molecule has 0 saturated carbocycles. The monoisotopic (exact) mass is 218 g/mol. The fourth-order valence-electron chi connectivity index (χ4n) is 0. The van der Waals surface area contributed by atoms with Crippen LogP contribution in [0.4, 0.5) is 0 Å². The van der Waals surface area contributed by atoms with Gasteiger partial charge in [-0.25, -0.2) is 0 Å². The molecule has 0 rings (SSSR count). The van der Waals surface area contributed by atoms with E-state index in [9.17, 15) is 0 Å². The van der Waals surface area contributed by atoms with Gasteiger partial charge in [0.15, 0.2) is 0 Å². The van der Waals surface area contributed by atoms with Crippen LogP contribution in [0.25, 0.3) is 0 Å². The van der Waals surface area contributed by atoms with E-state index in [0.717, 1.165) is 0 Å². The first kappa shape index (κ1) is 29.3. The van der Waals surface area contributed by atoms with Crippen molar-refractivity contribution in [1.82, 2.24) is 0 Å². The molecule has 0 spiro atoms. The van der Waals surface area contributed by atoms with Crippen molar-refractivity contribution in [3.05, 3.63) is 0 Å². The first-order valence-electron chi connectivity index (χ1n) is 1.90. The summed E-state index contributed by atoms with van der Waals surface area (Å²) >= 11 is 0. The Morgan fingerprint density at radius 3 is 1.17 bits per heavy atom. The minimum atomic E-state index is -4.89. The van der Waals surface area contributed by atoms with E-state index in [1.54, 1.807) is 0 Å². The van der Waals surface area contributed by atoms with E-state index in [-0.39, 0.29) is 53.7 Å². The number of aliphatic hydroxyl groups is 2. The van der Waals surface area contributed by atoms with Crippen LogP contribution in [0.15, 0.2) is 0 Å². The molecule has 0 aliphatic carbocycles. The van der Waals surface area contributed by atoms with Crippen molar-refractivity contribution in [1.29, 1.82) is 0 Å². The van der Waals surface area contributed by atoms with Crippen molar-refractivity contribution in [3.63, 3.8) is 0 Å². The van der Waals surface area contributed by atoms with Crippen molar-refractivity contribution in [2.45, 2.75) is 0 Å². The first-order chi connectivity index (χ1) is 3.91. The average Bonchev–Trinajstić information content (AvgIpc) is 1.61. The number of phosphoric acid groups is 1. The van der Waals surface area contributed by atoms with Gasteiger partial charge >= 0.3 is 29.6 Å². The Balaban J connectivity index is -0.0000000221. The van der Waals surface area contributed by atoms with Gasteiger partial charge < -0.3 is 35.8 Å². The van der Waals surface area contributed by atoms with Crippen molar-refractivity contribution < 1.29 is 70.0 Å². The van der Waals surface area contributed by atoms with Gasteiger partial charge in [-0.1, -0.05) is 0 Å². The van der Waals surface area contributed by atoms with Gasteiger partial charge in [0.25, 0.3) is 7.82 Å². The summed E-state index contributed by atoms with van der Waals surface area (Å²) < 4.78 is 8.77. The van der Waals surface area contributed by atoms with Crippen LogP contribution in [-0.2, 0) is 4.57 Å². The molecule has 0 aromatic rings. The molecule has 0 heterocycles. The molecular formula is C2H12NaO8P. The van der Waals surface area contributed by atoms with Crippen LogP contribution < -0.4 is 34.5 Å². The maximum Gasteiger partial charge on any atom is 1.00 e. The Morgan fingerprint density at radius 2 is 1.17 bits per heavy atom. The summed E-state index contributed by atoms with van der Waals surface area (Å²) in [5, 5.41) is 15.2. The summed E-state index contributed by atoms with van der Waals surface area (Å²) in [6, 6.07) is 0. The smallest absolute Gasteiger partial charge is 0.756 e. The predicted molar refractivity (Wildman–Crippen MR) is 33.4 cm³/mol. The standard InChI is InChI=1S/C2H6O2.Na.H3O4P.2H2O/c3-1-2-4;;1-5(2,3)4;;/h3-4H,1-2H2;;(H3,1,2,3,4);2*1H2/q;+1;;;/p-1. The third kappa shape index (κ3) is 285. The quantitative estimate of drug-likeness (QED) is 0.250. The third-order valence-corrected chi connectivity index (χ3v) is 0.1000. The van der Waals surface area contributed by atoms with Gasteiger partial charge in [0.1, 0.15) is 0 Å². The van der Waals surface area contributed by atoms with Gasteiger partial charge in [-0.05, 0) is 0 Å². The number of aliphatic hydroxyl groups excluding tert-OH is 2. The third-order valence-electron chi connectivity index (χ3n) is 0.1000. The van der Waals surface area contributed by atoms with Gasteiger partial charge in [-0.15, -0.1) is 0 Å². The minimum absolute atomic E-state index is 0. The molecular weight excluding hydrogens is 206 g/mol. The summed E-state index contributed by atoms with van der Waals surface area (Å²) in [5.41, 5.74) is 0. The maximum absolute atomic E-state index is 8.77. The molecule has 0 amide bonds. The van der Waals surface area contributed by atoms with E-state index in [4.69, 9.17) is 29.5 Å². The number of hydrogen-bond donors (Lipinski definition) is 4. The first-order valence-corrected chi connectivity index (χ1v) is 3.43. The normalized spacial score (nSPS) is 7.42. The second-order valence-electron chi connectivity index (χ2n) is 0.938. The Labute approximate surface area is 91.0 Å². The molecule has 0 radical (unpaired) electrons. The number of hydrogen-bond acceptors (Lipinski definition) is 4. The zero-order chi connectivity index (χ0) is 7.91. The molecule has 0 saturated heterocycles.